The zero-order valence-corrected chi connectivity index (χ0v) is 13.6. The molecule has 3 aromatic rings. The van der Waals surface area contributed by atoms with E-state index in [1.54, 1.807) is 4.90 Å². The largest absolute Gasteiger partial charge is 0.381 e. The van der Waals surface area contributed by atoms with Crippen LogP contribution in [0.5, 0.6) is 0 Å². The molecular formula is C16H16ClN5O2. The molecule has 1 aromatic carbocycles. The van der Waals surface area contributed by atoms with E-state index in [0.717, 1.165) is 10.9 Å². The summed E-state index contributed by atoms with van der Waals surface area (Å²) in [5.41, 5.74) is 0.253. The third-order valence-electron chi connectivity index (χ3n) is 4.53. The van der Waals surface area contributed by atoms with Gasteiger partial charge in [-0.15, -0.1) is 0 Å². The van der Waals surface area contributed by atoms with E-state index >= 15 is 0 Å². The minimum atomic E-state index is -1.13. The molecule has 1 atom stereocenters. The molecule has 1 amide bonds. The first-order valence-corrected chi connectivity index (χ1v) is 8.04. The molecule has 0 aliphatic carbocycles. The summed E-state index contributed by atoms with van der Waals surface area (Å²) in [6.07, 6.45) is 3.82. The minimum Gasteiger partial charge on any atom is -0.381 e. The van der Waals surface area contributed by atoms with Crippen LogP contribution in [-0.2, 0) is 16.9 Å². The van der Waals surface area contributed by atoms with Crippen LogP contribution in [-0.4, -0.2) is 49.0 Å². The van der Waals surface area contributed by atoms with Crippen molar-refractivity contribution in [3.05, 3.63) is 47.4 Å². The zero-order valence-electron chi connectivity index (χ0n) is 12.8. The molecule has 7 nitrogen and oxygen atoms in total. The standard InChI is InChI=1S/C16H16ClN5O2/c17-12-2-1-11-3-5-21(13(11)7-12)9-15(23)22-6-4-16(24,10-22)14-8-18-20-19-14/h1-3,5,7-8,24H,4,6,9-10H2,(H,18,19,20). The summed E-state index contributed by atoms with van der Waals surface area (Å²) in [4.78, 5) is 14.3. The minimum absolute atomic E-state index is 0.0492. The molecule has 124 valence electrons. The van der Waals surface area contributed by atoms with E-state index in [-0.39, 0.29) is 19.0 Å². The predicted molar refractivity (Wildman–Crippen MR) is 88.4 cm³/mol. The molecule has 24 heavy (non-hydrogen) atoms. The van der Waals surface area contributed by atoms with E-state index in [0.29, 0.717) is 23.7 Å². The van der Waals surface area contributed by atoms with E-state index in [9.17, 15) is 9.90 Å². The van der Waals surface area contributed by atoms with E-state index in [1.165, 1.54) is 6.20 Å². The van der Waals surface area contributed by atoms with Crippen LogP contribution in [0.2, 0.25) is 5.02 Å². The van der Waals surface area contributed by atoms with Crippen molar-refractivity contribution in [2.75, 3.05) is 13.1 Å². The number of H-pyrrole nitrogens is 1. The lowest BCUT2D eigenvalue weighted by molar-refractivity contribution is -0.131. The van der Waals surface area contributed by atoms with E-state index < -0.39 is 5.60 Å². The van der Waals surface area contributed by atoms with Crippen molar-refractivity contribution in [3.63, 3.8) is 0 Å². The number of rotatable bonds is 3. The Labute approximate surface area is 142 Å². The third-order valence-corrected chi connectivity index (χ3v) is 4.77. The highest BCUT2D eigenvalue weighted by Gasteiger charge is 2.41. The van der Waals surface area contributed by atoms with Gasteiger partial charge in [0.05, 0.1) is 12.7 Å². The van der Waals surface area contributed by atoms with Crippen LogP contribution in [0.3, 0.4) is 0 Å². The maximum atomic E-state index is 12.6. The molecule has 0 spiro atoms. The molecule has 8 heteroatoms. The number of carbonyl (C=O) groups is 1. The lowest BCUT2D eigenvalue weighted by Crippen LogP contribution is -2.36. The number of halogens is 1. The highest BCUT2D eigenvalue weighted by Crippen LogP contribution is 2.30. The van der Waals surface area contributed by atoms with Gasteiger partial charge in [-0.25, -0.2) is 0 Å². The average Bonchev–Trinajstić information content (AvgIpc) is 3.28. The number of carbonyl (C=O) groups excluding carboxylic acids is 1. The summed E-state index contributed by atoms with van der Waals surface area (Å²) in [6, 6.07) is 7.56. The van der Waals surface area contributed by atoms with Gasteiger partial charge in [0.2, 0.25) is 5.91 Å². The summed E-state index contributed by atoms with van der Waals surface area (Å²) in [7, 11) is 0. The van der Waals surface area contributed by atoms with E-state index in [2.05, 4.69) is 15.4 Å². The summed E-state index contributed by atoms with van der Waals surface area (Å²) in [5.74, 6) is -0.0492. The maximum absolute atomic E-state index is 12.6. The van der Waals surface area contributed by atoms with Crippen molar-refractivity contribution in [1.29, 1.82) is 0 Å². The topological polar surface area (TPSA) is 87.0 Å². The fraction of sp³-hybridized carbons (Fsp3) is 0.312. The van der Waals surface area contributed by atoms with E-state index in [4.69, 9.17) is 11.6 Å². The van der Waals surface area contributed by atoms with Crippen LogP contribution >= 0.6 is 11.6 Å². The van der Waals surface area contributed by atoms with Gasteiger partial charge in [0.1, 0.15) is 17.8 Å². The van der Waals surface area contributed by atoms with Crippen LogP contribution in [0.25, 0.3) is 10.9 Å². The van der Waals surface area contributed by atoms with Gasteiger partial charge in [-0.3, -0.25) is 4.79 Å². The quantitative estimate of drug-likeness (QED) is 0.753. The number of aromatic nitrogens is 4. The van der Waals surface area contributed by atoms with Crippen molar-refractivity contribution >= 4 is 28.4 Å². The fourth-order valence-corrected chi connectivity index (χ4v) is 3.35. The molecule has 1 saturated heterocycles. The van der Waals surface area contributed by atoms with Crippen molar-refractivity contribution in [2.45, 2.75) is 18.6 Å². The fourth-order valence-electron chi connectivity index (χ4n) is 3.18. The zero-order chi connectivity index (χ0) is 16.7. The Balaban J connectivity index is 1.51. The Hall–Kier alpha value is -2.38. The molecule has 1 fully saturated rings. The highest BCUT2D eigenvalue weighted by molar-refractivity contribution is 6.31. The van der Waals surface area contributed by atoms with Gasteiger partial charge in [-0.2, -0.15) is 15.4 Å². The summed E-state index contributed by atoms with van der Waals surface area (Å²) < 4.78 is 1.87. The smallest absolute Gasteiger partial charge is 0.242 e. The molecule has 3 heterocycles. The van der Waals surface area contributed by atoms with Gasteiger partial charge in [0.15, 0.2) is 0 Å². The highest BCUT2D eigenvalue weighted by atomic mass is 35.5. The molecular weight excluding hydrogens is 330 g/mol. The number of hydrogen-bond donors (Lipinski definition) is 2. The Morgan fingerprint density at radius 1 is 1.42 bits per heavy atom. The van der Waals surface area contributed by atoms with Crippen molar-refractivity contribution in [3.8, 4) is 0 Å². The molecule has 0 saturated carbocycles. The van der Waals surface area contributed by atoms with Crippen LogP contribution < -0.4 is 0 Å². The Kier molecular flexibility index (Phi) is 3.54. The van der Waals surface area contributed by atoms with Gasteiger partial charge in [0.25, 0.3) is 0 Å². The van der Waals surface area contributed by atoms with Crippen LogP contribution in [0.15, 0.2) is 36.7 Å². The van der Waals surface area contributed by atoms with Gasteiger partial charge < -0.3 is 14.6 Å². The molecule has 1 unspecified atom stereocenters. The average molecular weight is 346 g/mol. The lowest BCUT2D eigenvalue weighted by Gasteiger charge is -2.21. The second-order valence-electron chi connectivity index (χ2n) is 6.10. The lowest BCUT2D eigenvalue weighted by atomic mass is 10.0. The molecule has 2 N–H and O–H groups in total. The number of benzene rings is 1. The third kappa shape index (κ3) is 2.55. The first kappa shape index (κ1) is 15.2. The second kappa shape index (κ2) is 5.61. The normalized spacial score (nSPS) is 20.8. The SMILES string of the molecule is O=C(Cn1ccc2ccc(Cl)cc21)N1CCC(O)(c2cn[nH]n2)C1. The number of aliphatic hydroxyl groups is 1. The number of aromatic amines is 1. The van der Waals surface area contributed by atoms with Crippen LogP contribution in [0, 0.1) is 0 Å². The van der Waals surface area contributed by atoms with Crippen molar-refractivity contribution in [2.24, 2.45) is 0 Å². The summed E-state index contributed by atoms with van der Waals surface area (Å²) in [6.45, 7) is 0.916. The Morgan fingerprint density at radius 3 is 3.08 bits per heavy atom. The van der Waals surface area contributed by atoms with Crippen molar-refractivity contribution < 1.29 is 9.90 Å². The number of hydrogen-bond acceptors (Lipinski definition) is 4. The number of fused-ring (bicyclic) bond motifs is 1. The summed E-state index contributed by atoms with van der Waals surface area (Å²) >= 11 is 6.05. The van der Waals surface area contributed by atoms with Gasteiger partial charge in [0, 0.05) is 29.7 Å². The van der Waals surface area contributed by atoms with Crippen molar-refractivity contribution in [1.82, 2.24) is 24.9 Å². The number of nitrogens with zero attached hydrogens (tertiary/aromatic N) is 4. The van der Waals surface area contributed by atoms with E-state index in [1.807, 2.05) is 35.0 Å². The van der Waals surface area contributed by atoms with Gasteiger partial charge >= 0.3 is 0 Å². The molecule has 0 radical (unpaired) electrons. The molecule has 4 rings (SSSR count). The maximum Gasteiger partial charge on any atom is 0.242 e. The summed E-state index contributed by atoms with van der Waals surface area (Å²) in [5, 5.41) is 22.5. The monoisotopic (exact) mass is 345 g/mol. The van der Waals surface area contributed by atoms with Gasteiger partial charge in [-0.05, 0) is 23.6 Å². The number of β-amino-alcohol motifs (C(OH)–C–C–N with tert-alkyl or cyclic N) is 1. The first-order valence-electron chi connectivity index (χ1n) is 7.66. The second-order valence-corrected chi connectivity index (χ2v) is 6.54. The van der Waals surface area contributed by atoms with Crippen LogP contribution in [0.4, 0.5) is 0 Å². The molecule has 1 aliphatic rings. The van der Waals surface area contributed by atoms with Gasteiger partial charge in [-0.1, -0.05) is 17.7 Å². The first-order chi connectivity index (χ1) is 11.5. The number of nitrogens with one attached hydrogen (secondary N) is 1. The Bertz CT molecular complexity index is 891. The number of likely N-dealkylation sites (tertiary alicyclic amines) is 1. The predicted octanol–water partition coefficient (Wildman–Crippen LogP) is 1.53. The Morgan fingerprint density at radius 2 is 2.29 bits per heavy atom. The molecule has 2 aromatic heterocycles. The molecule has 0 bridgehead atoms. The van der Waals surface area contributed by atoms with Crippen LogP contribution in [0.1, 0.15) is 12.1 Å². The molecule has 1 aliphatic heterocycles. The number of amides is 1.